The van der Waals surface area contributed by atoms with E-state index in [1.165, 1.54) is 12.5 Å². The Morgan fingerprint density at radius 1 is 1.43 bits per heavy atom. The summed E-state index contributed by atoms with van der Waals surface area (Å²) in [5.41, 5.74) is 0.366. The average Bonchev–Trinajstić information content (AvgIpc) is 1.96. The lowest BCUT2D eigenvalue weighted by atomic mass is 9.68. The molecule has 2 nitrogen and oxygen atoms in total. The largest absolute Gasteiger partial charge is 0.478 e. The van der Waals surface area contributed by atoms with Crippen LogP contribution >= 0.6 is 0 Å². The first-order valence-electron chi connectivity index (χ1n) is 5.30. The normalized spacial score (nSPS) is 31.9. The fraction of sp³-hybridized carbons (Fsp3) is 0.750. The van der Waals surface area contributed by atoms with Gasteiger partial charge >= 0.3 is 5.97 Å². The molecule has 2 unspecified atom stereocenters. The zero-order valence-electron chi connectivity index (χ0n) is 9.29. The summed E-state index contributed by atoms with van der Waals surface area (Å²) >= 11 is 0. The molecule has 0 bridgehead atoms. The van der Waals surface area contributed by atoms with Crippen LogP contribution in [0.1, 0.15) is 40.0 Å². The lowest BCUT2D eigenvalue weighted by Gasteiger charge is -2.37. The number of carboxylic acid groups (broad SMARTS) is 1. The van der Waals surface area contributed by atoms with Crippen LogP contribution in [0, 0.1) is 17.3 Å². The van der Waals surface area contributed by atoms with Gasteiger partial charge in [-0.3, -0.25) is 0 Å². The van der Waals surface area contributed by atoms with Crippen LogP contribution in [0.3, 0.4) is 0 Å². The summed E-state index contributed by atoms with van der Waals surface area (Å²) in [6, 6.07) is 0. The van der Waals surface area contributed by atoms with Gasteiger partial charge in [0.05, 0.1) is 0 Å². The van der Waals surface area contributed by atoms with Crippen molar-refractivity contribution in [2.75, 3.05) is 0 Å². The van der Waals surface area contributed by atoms with E-state index in [9.17, 15) is 4.79 Å². The van der Waals surface area contributed by atoms with Crippen molar-refractivity contribution < 1.29 is 9.90 Å². The van der Waals surface area contributed by atoms with E-state index in [-0.39, 0.29) is 0 Å². The molecular weight excluding hydrogens is 176 g/mol. The minimum Gasteiger partial charge on any atom is -0.478 e. The van der Waals surface area contributed by atoms with Gasteiger partial charge in [0.2, 0.25) is 0 Å². The van der Waals surface area contributed by atoms with Gasteiger partial charge in [0.1, 0.15) is 0 Å². The molecule has 2 heteroatoms. The van der Waals surface area contributed by atoms with Crippen LogP contribution in [0.2, 0.25) is 0 Å². The van der Waals surface area contributed by atoms with Crippen molar-refractivity contribution in [1.29, 1.82) is 0 Å². The molecule has 80 valence electrons. The highest BCUT2D eigenvalue weighted by Gasteiger charge is 2.30. The summed E-state index contributed by atoms with van der Waals surface area (Å²) in [6.07, 6.45) is 6.65. The van der Waals surface area contributed by atoms with Crippen LogP contribution < -0.4 is 0 Å². The molecule has 0 aromatic carbocycles. The third kappa shape index (κ3) is 3.52. The number of aliphatic carboxylic acids is 1. The summed E-state index contributed by atoms with van der Waals surface area (Å²) < 4.78 is 0. The average molecular weight is 196 g/mol. The first-order chi connectivity index (χ1) is 6.39. The van der Waals surface area contributed by atoms with Gasteiger partial charge in [-0.1, -0.05) is 26.8 Å². The molecule has 0 aromatic heterocycles. The van der Waals surface area contributed by atoms with Gasteiger partial charge in [0.15, 0.2) is 0 Å². The summed E-state index contributed by atoms with van der Waals surface area (Å²) in [5.74, 6) is 0.327. The lowest BCUT2D eigenvalue weighted by Crippen LogP contribution is -2.26. The number of hydrogen-bond donors (Lipinski definition) is 1. The molecular formula is C12H20O2. The summed E-state index contributed by atoms with van der Waals surface area (Å²) in [5, 5.41) is 8.55. The molecule has 2 atom stereocenters. The van der Waals surface area contributed by atoms with Crippen molar-refractivity contribution >= 4 is 5.97 Å². The maximum Gasteiger partial charge on any atom is 0.327 e. The van der Waals surface area contributed by atoms with Gasteiger partial charge < -0.3 is 5.11 Å². The molecule has 14 heavy (non-hydrogen) atoms. The van der Waals surface area contributed by atoms with Gasteiger partial charge in [-0.2, -0.15) is 0 Å². The summed E-state index contributed by atoms with van der Waals surface area (Å²) in [7, 11) is 0. The van der Waals surface area contributed by atoms with E-state index in [1.54, 1.807) is 0 Å². The molecule has 0 aliphatic heterocycles. The highest BCUT2D eigenvalue weighted by atomic mass is 16.4. The molecule has 0 saturated heterocycles. The van der Waals surface area contributed by atoms with E-state index in [1.807, 2.05) is 6.08 Å². The number of rotatable bonds is 2. The van der Waals surface area contributed by atoms with Crippen LogP contribution in [-0.4, -0.2) is 11.1 Å². The van der Waals surface area contributed by atoms with Crippen LogP contribution in [0.4, 0.5) is 0 Å². The van der Waals surface area contributed by atoms with Gasteiger partial charge in [0.25, 0.3) is 0 Å². The highest BCUT2D eigenvalue weighted by Crippen LogP contribution is 2.41. The van der Waals surface area contributed by atoms with Gasteiger partial charge in [-0.15, -0.1) is 0 Å². The minimum atomic E-state index is -0.832. The minimum absolute atomic E-state index is 0.366. The Bertz CT molecular complexity index is 241. The number of carboxylic acids is 1. The van der Waals surface area contributed by atoms with Gasteiger partial charge in [0, 0.05) is 6.08 Å². The van der Waals surface area contributed by atoms with Gasteiger partial charge in [-0.05, 0) is 36.5 Å². The summed E-state index contributed by atoms with van der Waals surface area (Å²) in [6.45, 7) is 6.79. The predicted octanol–water partition coefficient (Wildman–Crippen LogP) is 3.09. The quantitative estimate of drug-likeness (QED) is 0.689. The van der Waals surface area contributed by atoms with Crippen LogP contribution in [-0.2, 0) is 4.79 Å². The van der Waals surface area contributed by atoms with Crippen molar-refractivity contribution in [1.82, 2.24) is 0 Å². The molecule has 1 aliphatic rings. The van der Waals surface area contributed by atoms with Crippen molar-refractivity contribution in [3.63, 3.8) is 0 Å². The molecule has 0 aromatic rings. The molecule has 0 heterocycles. The summed E-state index contributed by atoms with van der Waals surface area (Å²) in [4.78, 5) is 10.4. The number of carbonyl (C=O) groups is 1. The smallest absolute Gasteiger partial charge is 0.327 e. The van der Waals surface area contributed by atoms with E-state index in [0.29, 0.717) is 17.3 Å². The van der Waals surface area contributed by atoms with Gasteiger partial charge in [-0.25, -0.2) is 4.79 Å². The van der Waals surface area contributed by atoms with Crippen LogP contribution in [0.15, 0.2) is 12.2 Å². The topological polar surface area (TPSA) is 37.3 Å². The Labute approximate surface area is 86.0 Å². The number of allylic oxidation sites excluding steroid dienone is 1. The van der Waals surface area contributed by atoms with E-state index in [4.69, 9.17) is 5.11 Å². The SMILES string of the molecule is CC1CC(C=CC(=O)O)CC(C)(C)C1. The van der Waals surface area contributed by atoms with Crippen molar-refractivity contribution in [2.45, 2.75) is 40.0 Å². The lowest BCUT2D eigenvalue weighted by molar-refractivity contribution is -0.131. The Morgan fingerprint density at radius 3 is 2.57 bits per heavy atom. The fourth-order valence-electron chi connectivity index (χ4n) is 2.78. The standard InChI is InChI=1S/C12H20O2/c1-9-6-10(4-5-11(13)14)8-12(2,3)7-9/h4-5,9-10H,6-8H2,1-3H3,(H,13,14). The molecule has 1 N–H and O–H groups in total. The molecule has 1 fully saturated rings. The van der Waals surface area contributed by atoms with E-state index >= 15 is 0 Å². The van der Waals surface area contributed by atoms with Crippen molar-refractivity contribution in [2.24, 2.45) is 17.3 Å². The first kappa shape index (κ1) is 11.3. The molecule has 0 spiro atoms. The second-order valence-electron chi connectivity index (χ2n) is 5.37. The number of hydrogen-bond acceptors (Lipinski definition) is 1. The third-order valence-corrected chi connectivity index (χ3v) is 2.93. The van der Waals surface area contributed by atoms with Crippen molar-refractivity contribution in [3.8, 4) is 0 Å². The maximum atomic E-state index is 10.4. The molecule has 1 aliphatic carbocycles. The third-order valence-electron chi connectivity index (χ3n) is 2.93. The monoisotopic (exact) mass is 196 g/mol. The first-order valence-corrected chi connectivity index (χ1v) is 5.30. The molecule has 0 radical (unpaired) electrons. The fourth-order valence-corrected chi connectivity index (χ4v) is 2.78. The predicted molar refractivity (Wildman–Crippen MR) is 57.1 cm³/mol. The van der Waals surface area contributed by atoms with Crippen molar-refractivity contribution in [3.05, 3.63) is 12.2 Å². The zero-order valence-corrected chi connectivity index (χ0v) is 9.29. The molecule has 1 saturated carbocycles. The van der Waals surface area contributed by atoms with Crippen LogP contribution in [0.25, 0.3) is 0 Å². The van der Waals surface area contributed by atoms with E-state index in [2.05, 4.69) is 20.8 Å². The Morgan fingerprint density at radius 2 is 2.07 bits per heavy atom. The molecule has 0 amide bonds. The highest BCUT2D eigenvalue weighted by molar-refractivity contribution is 5.79. The second-order valence-corrected chi connectivity index (χ2v) is 5.37. The van der Waals surface area contributed by atoms with E-state index in [0.717, 1.165) is 12.8 Å². The second kappa shape index (κ2) is 4.16. The maximum absolute atomic E-state index is 10.4. The zero-order chi connectivity index (χ0) is 10.8. The Balaban J connectivity index is 2.58. The van der Waals surface area contributed by atoms with E-state index < -0.39 is 5.97 Å². The Kier molecular flexibility index (Phi) is 3.35. The molecule has 1 rings (SSSR count). The van der Waals surface area contributed by atoms with Crippen LogP contribution in [0.5, 0.6) is 0 Å². The Hall–Kier alpha value is -0.790.